The maximum Gasteiger partial charge on any atom is 0.240 e. The molecule has 28 heavy (non-hydrogen) atoms. The molecule has 3 aromatic rings. The summed E-state index contributed by atoms with van der Waals surface area (Å²) in [5.74, 6) is -0.441. The summed E-state index contributed by atoms with van der Waals surface area (Å²) < 4.78 is 0. The highest BCUT2D eigenvalue weighted by atomic mass is 16.2. The van der Waals surface area contributed by atoms with E-state index in [-0.39, 0.29) is 24.7 Å². The van der Waals surface area contributed by atoms with Gasteiger partial charge in [-0.1, -0.05) is 66.7 Å². The van der Waals surface area contributed by atoms with Crippen molar-refractivity contribution in [1.82, 2.24) is 10.7 Å². The van der Waals surface area contributed by atoms with Crippen molar-refractivity contribution in [3.8, 4) is 0 Å². The lowest BCUT2D eigenvalue weighted by Crippen LogP contribution is -2.26. The highest BCUT2D eigenvalue weighted by Crippen LogP contribution is 2.16. The van der Waals surface area contributed by atoms with Gasteiger partial charge < -0.3 is 5.32 Å². The second kappa shape index (κ2) is 9.46. The van der Waals surface area contributed by atoms with Crippen LogP contribution in [0.4, 0.5) is 0 Å². The Balaban J connectivity index is 1.46. The number of carbonyl (C=O) groups is 2. The van der Waals surface area contributed by atoms with Gasteiger partial charge in [-0.25, -0.2) is 5.43 Å². The first-order valence-corrected chi connectivity index (χ1v) is 9.25. The van der Waals surface area contributed by atoms with Crippen molar-refractivity contribution in [2.45, 2.75) is 26.3 Å². The summed E-state index contributed by atoms with van der Waals surface area (Å²) in [5, 5.41) is 9.24. The third-order valence-electron chi connectivity index (χ3n) is 4.43. The van der Waals surface area contributed by atoms with Gasteiger partial charge in [-0.3, -0.25) is 9.59 Å². The van der Waals surface area contributed by atoms with Crippen molar-refractivity contribution in [1.29, 1.82) is 0 Å². The molecule has 142 valence electrons. The molecule has 0 saturated heterocycles. The Hall–Kier alpha value is -3.47. The monoisotopic (exact) mass is 373 g/mol. The van der Waals surface area contributed by atoms with E-state index in [1.54, 1.807) is 0 Å². The van der Waals surface area contributed by atoms with E-state index in [2.05, 4.69) is 21.9 Å². The summed E-state index contributed by atoms with van der Waals surface area (Å²) in [4.78, 5) is 23.8. The number of hydrogen-bond acceptors (Lipinski definition) is 3. The molecule has 2 N–H and O–H groups in total. The third kappa shape index (κ3) is 5.51. The number of hydrazone groups is 1. The zero-order valence-electron chi connectivity index (χ0n) is 15.8. The normalized spacial score (nSPS) is 11.2. The molecular weight excluding hydrogens is 350 g/mol. The van der Waals surface area contributed by atoms with Crippen molar-refractivity contribution in [2.75, 3.05) is 0 Å². The van der Waals surface area contributed by atoms with Gasteiger partial charge in [-0.15, -0.1) is 0 Å². The Kier molecular flexibility index (Phi) is 6.52. The molecule has 0 fully saturated rings. The number of nitrogens with one attached hydrogen (secondary N) is 2. The second-order valence-corrected chi connectivity index (χ2v) is 6.56. The number of hydrogen-bond donors (Lipinski definition) is 2. The van der Waals surface area contributed by atoms with Gasteiger partial charge in [0.05, 0.1) is 5.71 Å². The number of nitrogens with zero attached hydrogens (tertiary/aromatic N) is 1. The second-order valence-electron chi connectivity index (χ2n) is 6.56. The summed E-state index contributed by atoms with van der Waals surface area (Å²) in [6, 6.07) is 23.8. The van der Waals surface area contributed by atoms with Crippen LogP contribution in [-0.2, 0) is 16.1 Å². The molecular formula is C23H23N3O2. The van der Waals surface area contributed by atoms with Crippen LogP contribution < -0.4 is 10.7 Å². The average molecular weight is 373 g/mol. The van der Waals surface area contributed by atoms with E-state index in [9.17, 15) is 9.59 Å². The fourth-order valence-electron chi connectivity index (χ4n) is 2.79. The van der Waals surface area contributed by atoms with Gasteiger partial charge >= 0.3 is 0 Å². The Bertz CT molecular complexity index is 997. The molecule has 0 aromatic heterocycles. The van der Waals surface area contributed by atoms with E-state index in [0.717, 1.165) is 21.9 Å². The van der Waals surface area contributed by atoms with E-state index in [0.29, 0.717) is 12.3 Å². The fourth-order valence-corrected chi connectivity index (χ4v) is 2.79. The van der Waals surface area contributed by atoms with Crippen molar-refractivity contribution in [3.63, 3.8) is 0 Å². The zero-order valence-corrected chi connectivity index (χ0v) is 15.8. The first kappa shape index (κ1) is 19.3. The molecule has 0 bridgehead atoms. The topological polar surface area (TPSA) is 70.6 Å². The fraction of sp³-hybridized carbons (Fsp3) is 0.174. The molecule has 5 heteroatoms. The minimum Gasteiger partial charge on any atom is -0.352 e. The van der Waals surface area contributed by atoms with Crippen LogP contribution in [0.5, 0.6) is 0 Å². The maximum absolute atomic E-state index is 12.0. The maximum atomic E-state index is 12.0. The Morgan fingerprint density at radius 1 is 0.821 bits per heavy atom. The van der Waals surface area contributed by atoms with Gasteiger partial charge in [0.25, 0.3) is 0 Å². The molecule has 0 atom stereocenters. The summed E-state index contributed by atoms with van der Waals surface area (Å²) >= 11 is 0. The van der Waals surface area contributed by atoms with Crippen molar-refractivity contribution in [2.24, 2.45) is 5.10 Å². The zero-order chi connectivity index (χ0) is 19.8. The predicted octanol–water partition coefficient (Wildman–Crippen LogP) is 3.78. The minimum absolute atomic E-state index is 0.0924. The van der Waals surface area contributed by atoms with Crippen LogP contribution in [0.15, 0.2) is 77.9 Å². The molecule has 0 unspecified atom stereocenters. The molecule has 5 nitrogen and oxygen atoms in total. The highest BCUT2D eigenvalue weighted by Gasteiger charge is 2.07. The van der Waals surface area contributed by atoms with Gasteiger partial charge in [0.1, 0.15) is 0 Å². The largest absolute Gasteiger partial charge is 0.352 e. The van der Waals surface area contributed by atoms with Crippen molar-refractivity contribution in [3.05, 3.63) is 83.9 Å². The molecule has 0 radical (unpaired) electrons. The standard InChI is InChI=1S/C23H23N3O2/c1-17(20-12-11-19-9-5-6-10-21(19)15-20)25-26-23(28)14-13-22(27)24-16-18-7-3-2-4-8-18/h2-12,15H,13-14,16H2,1H3,(H,24,27)(H,26,28)/b25-17-. The molecule has 0 saturated carbocycles. The molecule has 0 aliphatic heterocycles. The van der Waals surface area contributed by atoms with Crippen LogP contribution in [0, 0.1) is 0 Å². The van der Waals surface area contributed by atoms with E-state index < -0.39 is 0 Å². The van der Waals surface area contributed by atoms with Crippen molar-refractivity contribution < 1.29 is 9.59 Å². The highest BCUT2D eigenvalue weighted by molar-refractivity contribution is 6.02. The van der Waals surface area contributed by atoms with Crippen LogP contribution in [0.25, 0.3) is 10.8 Å². The smallest absolute Gasteiger partial charge is 0.240 e. The number of amides is 2. The molecule has 0 heterocycles. The summed E-state index contributed by atoms with van der Waals surface area (Å²) in [7, 11) is 0. The van der Waals surface area contributed by atoms with Gasteiger partial charge in [0.15, 0.2) is 0 Å². The molecule has 0 aliphatic rings. The van der Waals surface area contributed by atoms with Crippen LogP contribution in [0.2, 0.25) is 0 Å². The summed E-state index contributed by atoms with van der Waals surface area (Å²) in [5.41, 5.74) is 5.21. The number of fused-ring (bicyclic) bond motifs is 1. The molecule has 3 rings (SSSR count). The van der Waals surface area contributed by atoms with Gasteiger partial charge in [0, 0.05) is 19.4 Å². The number of carbonyl (C=O) groups excluding carboxylic acids is 2. The quantitative estimate of drug-likeness (QED) is 0.489. The SMILES string of the molecule is C/C(=N/NC(=O)CCC(=O)NCc1ccccc1)c1ccc2ccccc2c1. The van der Waals surface area contributed by atoms with Crippen LogP contribution in [0.3, 0.4) is 0 Å². The third-order valence-corrected chi connectivity index (χ3v) is 4.43. The Labute approximate surface area is 164 Å². The van der Waals surface area contributed by atoms with E-state index in [1.807, 2.05) is 73.7 Å². The average Bonchev–Trinajstić information content (AvgIpc) is 2.75. The predicted molar refractivity (Wildman–Crippen MR) is 112 cm³/mol. The first-order chi connectivity index (χ1) is 13.6. The molecule has 0 aliphatic carbocycles. The Morgan fingerprint density at radius 3 is 2.29 bits per heavy atom. The number of rotatable bonds is 7. The first-order valence-electron chi connectivity index (χ1n) is 9.25. The van der Waals surface area contributed by atoms with Crippen LogP contribution >= 0.6 is 0 Å². The van der Waals surface area contributed by atoms with Crippen LogP contribution in [-0.4, -0.2) is 17.5 Å². The van der Waals surface area contributed by atoms with Gasteiger partial charge in [-0.05, 0) is 34.9 Å². The summed E-state index contributed by atoms with van der Waals surface area (Å²) in [6.45, 7) is 2.30. The molecule has 3 aromatic carbocycles. The van der Waals surface area contributed by atoms with Gasteiger partial charge in [-0.2, -0.15) is 5.10 Å². The lowest BCUT2D eigenvalue weighted by atomic mass is 10.0. The van der Waals surface area contributed by atoms with E-state index >= 15 is 0 Å². The van der Waals surface area contributed by atoms with E-state index in [1.165, 1.54) is 0 Å². The van der Waals surface area contributed by atoms with Crippen LogP contribution in [0.1, 0.15) is 30.9 Å². The minimum atomic E-state index is -0.282. The lowest BCUT2D eigenvalue weighted by Gasteiger charge is -2.06. The van der Waals surface area contributed by atoms with E-state index in [4.69, 9.17) is 0 Å². The summed E-state index contributed by atoms with van der Waals surface area (Å²) in [6.07, 6.45) is 0.221. The Morgan fingerprint density at radius 2 is 1.50 bits per heavy atom. The van der Waals surface area contributed by atoms with Crippen molar-refractivity contribution >= 4 is 28.3 Å². The molecule has 2 amide bonds. The number of benzene rings is 3. The molecule has 0 spiro atoms. The van der Waals surface area contributed by atoms with Gasteiger partial charge in [0.2, 0.25) is 11.8 Å². The lowest BCUT2D eigenvalue weighted by molar-refractivity contribution is -0.126.